The van der Waals surface area contributed by atoms with Crippen LogP contribution in [0.2, 0.25) is 0 Å². The molecule has 0 saturated carbocycles. The largest absolute Gasteiger partial charge is 0.369 e. The molecule has 5 heteroatoms. The highest BCUT2D eigenvalue weighted by Gasteiger charge is 2.15. The lowest BCUT2D eigenvalue weighted by molar-refractivity contribution is -0.119. The van der Waals surface area contributed by atoms with Gasteiger partial charge in [0.1, 0.15) is 10.8 Å². The van der Waals surface area contributed by atoms with Gasteiger partial charge in [-0.25, -0.2) is 4.98 Å². The summed E-state index contributed by atoms with van der Waals surface area (Å²) in [5.74, 6) is 0.0143. The molecule has 1 aromatic rings. The summed E-state index contributed by atoms with van der Waals surface area (Å²) in [5.41, 5.74) is 5.08. The molecule has 1 unspecified atom stereocenters. The molecule has 60 valence electrons. The molecule has 1 aromatic heterocycles. The van der Waals surface area contributed by atoms with Gasteiger partial charge in [0, 0.05) is 0 Å². The Labute approximate surface area is 68.6 Å². The van der Waals surface area contributed by atoms with E-state index >= 15 is 0 Å². The normalized spacial score (nSPS) is 12.9. The number of aromatic nitrogens is 2. The van der Waals surface area contributed by atoms with Crippen LogP contribution in [0.5, 0.6) is 0 Å². The number of hydrogen-bond acceptors (Lipinski definition) is 4. The monoisotopic (exact) mass is 171 g/mol. The molecule has 1 atom stereocenters. The molecule has 2 N–H and O–H groups in total. The number of carbonyl (C=O) groups is 1. The van der Waals surface area contributed by atoms with Crippen LogP contribution in [-0.4, -0.2) is 15.3 Å². The van der Waals surface area contributed by atoms with E-state index in [-0.39, 0.29) is 11.8 Å². The third kappa shape index (κ3) is 1.74. The summed E-state index contributed by atoms with van der Waals surface area (Å²) in [6, 6.07) is 0. The third-order valence-corrected chi connectivity index (χ3v) is 2.33. The Morgan fingerprint density at radius 1 is 1.73 bits per heavy atom. The van der Waals surface area contributed by atoms with E-state index in [4.69, 9.17) is 5.73 Å². The van der Waals surface area contributed by atoms with Crippen LogP contribution in [0, 0.1) is 6.92 Å². The Balaban J connectivity index is 2.84. The van der Waals surface area contributed by atoms with E-state index in [0.29, 0.717) is 10.8 Å². The molecule has 1 heterocycles. The lowest BCUT2D eigenvalue weighted by Gasteiger charge is -1.98. The van der Waals surface area contributed by atoms with Gasteiger partial charge >= 0.3 is 0 Å². The Kier molecular flexibility index (Phi) is 2.19. The summed E-state index contributed by atoms with van der Waals surface area (Å²) >= 11 is 1.22. The van der Waals surface area contributed by atoms with E-state index in [2.05, 4.69) is 9.36 Å². The second kappa shape index (κ2) is 2.96. The van der Waals surface area contributed by atoms with Gasteiger partial charge in [-0.15, -0.1) is 0 Å². The average molecular weight is 171 g/mol. The molecule has 0 aliphatic heterocycles. The van der Waals surface area contributed by atoms with Crippen LogP contribution in [0.1, 0.15) is 23.7 Å². The zero-order valence-electron chi connectivity index (χ0n) is 6.37. The second-order valence-corrected chi connectivity index (χ2v) is 3.09. The minimum absolute atomic E-state index is 0.318. The second-order valence-electron chi connectivity index (χ2n) is 2.30. The van der Waals surface area contributed by atoms with Crippen molar-refractivity contribution in [3.05, 3.63) is 10.8 Å². The fraction of sp³-hybridized carbons (Fsp3) is 0.500. The van der Waals surface area contributed by atoms with E-state index in [1.165, 1.54) is 11.5 Å². The SMILES string of the molecule is Cc1nsc(C(C)C(N)=O)n1. The molecular weight excluding hydrogens is 162 g/mol. The van der Waals surface area contributed by atoms with Crippen LogP contribution >= 0.6 is 11.5 Å². The molecule has 0 aliphatic carbocycles. The topological polar surface area (TPSA) is 68.9 Å². The predicted molar refractivity (Wildman–Crippen MR) is 42.3 cm³/mol. The van der Waals surface area contributed by atoms with Crippen molar-refractivity contribution in [1.29, 1.82) is 0 Å². The van der Waals surface area contributed by atoms with Crippen molar-refractivity contribution in [2.24, 2.45) is 5.73 Å². The minimum Gasteiger partial charge on any atom is -0.369 e. The van der Waals surface area contributed by atoms with E-state index < -0.39 is 0 Å². The van der Waals surface area contributed by atoms with Crippen LogP contribution in [-0.2, 0) is 4.79 Å². The first-order valence-electron chi connectivity index (χ1n) is 3.21. The van der Waals surface area contributed by atoms with Crippen LogP contribution < -0.4 is 5.73 Å². The summed E-state index contributed by atoms with van der Waals surface area (Å²) < 4.78 is 3.94. The molecule has 0 spiro atoms. The smallest absolute Gasteiger partial charge is 0.227 e. The maximum absolute atomic E-state index is 10.7. The summed E-state index contributed by atoms with van der Waals surface area (Å²) in [4.78, 5) is 14.7. The van der Waals surface area contributed by atoms with Gasteiger partial charge in [-0.05, 0) is 25.4 Å². The molecule has 0 fully saturated rings. The van der Waals surface area contributed by atoms with Gasteiger partial charge in [0.15, 0.2) is 0 Å². The van der Waals surface area contributed by atoms with Crippen molar-refractivity contribution in [2.45, 2.75) is 19.8 Å². The van der Waals surface area contributed by atoms with Crippen molar-refractivity contribution < 1.29 is 4.79 Å². The highest BCUT2D eigenvalue weighted by Crippen LogP contribution is 2.15. The molecule has 1 amide bonds. The first-order valence-corrected chi connectivity index (χ1v) is 3.98. The van der Waals surface area contributed by atoms with Crippen molar-refractivity contribution >= 4 is 17.4 Å². The van der Waals surface area contributed by atoms with Gasteiger partial charge in [-0.2, -0.15) is 4.37 Å². The molecule has 11 heavy (non-hydrogen) atoms. The van der Waals surface area contributed by atoms with E-state index in [9.17, 15) is 4.79 Å². The zero-order valence-corrected chi connectivity index (χ0v) is 7.18. The highest BCUT2D eigenvalue weighted by molar-refractivity contribution is 7.05. The zero-order chi connectivity index (χ0) is 8.43. The number of nitrogens with zero attached hydrogens (tertiary/aromatic N) is 2. The summed E-state index contributed by atoms with van der Waals surface area (Å²) in [6.45, 7) is 3.51. The fourth-order valence-corrected chi connectivity index (χ4v) is 1.32. The number of hydrogen-bond donors (Lipinski definition) is 1. The Hall–Kier alpha value is -0.970. The number of rotatable bonds is 2. The van der Waals surface area contributed by atoms with Crippen LogP contribution in [0.15, 0.2) is 0 Å². The Morgan fingerprint density at radius 3 is 2.73 bits per heavy atom. The predicted octanol–water partition coefficient (Wildman–Crippen LogP) is 0.435. The van der Waals surface area contributed by atoms with Gasteiger partial charge in [0.05, 0.1) is 5.92 Å². The lowest BCUT2D eigenvalue weighted by Crippen LogP contribution is -2.18. The number of carbonyl (C=O) groups excluding carboxylic acids is 1. The maximum atomic E-state index is 10.7. The molecule has 0 radical (unpaired) electrons. The van der Waals surface area contributed by atoms with Gasteiger partial charge in [-0.3, -0.25) is 4.79 Å². The summed E-state index contributed by atoms with van der Waals surface area (Å²) in [6.07, 6.45) is 0. The molecular formula is C6H9N3OS. The first kappa shape index (κ1) is 8.13. The molecule has 0 bridgehead atoms. The van der Waals surface area contributed by atoms with Crippen molar-refractivity contribution in [2.75, 3.05) is 0 Å². The number of aryl methyl sites for hydroxylation is 1. The summed E-state index contributed by atoms with van der Waals surface area (Å²) in [7, 11) is 0. The van der Waals surface area contributed by atoms with Gasteiger partial charge in [0.2, 0.25) is 5.91 Å². The Bertz CT molecular complexity index is 271. The quantitative estimate of drug-likeness (QED) is 0.701. The first-order chi connectivity index (χ1) is 5.11. The van der Waals surface area contributed by atoms with Gasteiger partial charge in [0.25, 0.3) is 0 Å². The molecule has 0 saturated heterocycles. The van der Waals surface area contributed by atoms with Gasteiger partial charge < -0.3 is 5.73 Å². The highest BCUT2D eigenvalue weighted by atomic mass is 32.1. The summed E-state index contributed by atoms with van der Waals surface area (Å²) in [5, 5.41) is 0.690. The molecule has 0 aliphatic rings. The number of nitrogens with two attached hydrogens (primary N) is 1. The standard InChI is InChI=1S/C6H9N3OS/c1-3(5(7)10)6-8-4(2)9-11-6/h3H,1-2H3,(H2,7,10). The minimum atomic E-state index is -0.360. The molecule has 0 aromatic carbocycles. The van der Waals surface area contributed by atoms with E-state index in [1.807, 2.05) is 0 Å². The van der Waals surface area contributed by atoms with Crippen LogP contribution in [0.3, 0.4) is 0 Å². The van der Waals surface area contributed by atoms with Crippen LogP contribution in [0.25, 0.3) is 0 Å². The average Bonchev–Trinajstić information content (AvgIpc) is 2.34. The van der Waals surface area contributed by atoms with Crippen molar-refractivity contribution in [3.63, 3.8) is 0 Å². The van der Waals surface area contributed by atoms with Crippen LogP contribution in [0.4, 0.5) is 0 Å². The van der Waals surface area contributed by atoms with E-state index in [0.717, 1.165) is 0 Å². The molecule has 4 nitrogen and oxygen atoms in total. The third-order valence-electron chi connectivity index (χ3n) is 1.34. The molecule has 1 rings (SSSR count). The maximum Gasteiger partial charge on any atom is 0.227 e. The fourth-order valence-electron chi connectivity index (χ4n) is 0.611. The Morgan fingerprint density at radius 2 is 2.36 bits per heavy atom. The lowest BCUT2D eigenvalue weighted by atomic mass is 10.2. The van der Waals surface area contributed by atoms with E-state index in [1.54, 1.807) is 13.8 Å². The number of primary amides is 1. The van der Waals surface area contributed by atoms with Gasteiger partial charge in [-0.1, -0.05) is 0 Å². The number of amides is 1. The van der Waals surface area contributed by atoms with Crippen molar-refractivity contribution in [3.8, 4) is 0 Å². The van der Waals surface area contributed by atoms with Crippen molar-refractivity contribution in [1.82, 2.24) is 9.36 Å².